The van der Waals surface area contributed by atoms with E-state index in [2.05, 4.69) is 5.32 Å². The second-order valence-corrected chi connectivity index (χ2v) is 12.2. The van der Waals surface area contributed by atoms with Gasteiger partial charge in [0.15, 0.2) is 0 Å². The molecule has 2 aromatic rings. The molecule has 1 unspecified atom stereocenters. The van der Waals surface area contributed by atoms with Crippen molar-refractivity contribution in [2.75, 3.05) is 23.3 Å². The van der Waals surface area contributed by atoms with E-state index >= 15 is 0 Å². The molecule has 0 spiro atoms. The number of rotatable bonds is 5. The van der Waals surface area contributed by atoms with E-state index in [1.54, 1.807) is 18.2 Å². The van der Waals surface area contributed by atoms with E-state index in [-0.39, 0.29) is 34.6 Å². The van der Waals surface area contributed by atoms with Crippen molar-refractivity contribution in [3.8, 4) is 0 Å². The lowest BCUT2D eigenvalue weighted by atomic mass is 9.97. The van der Waals surface area contributed by atoms with Gasteiger partial charge in [-0.25, -0.2) is 8.42 Å². The van der Waals surface area contributed by atoms with Crippen molar-refractivity contribution in [2.45, 2.75) is 63.8 Å². The third kappa shape index (κ3) is 4.49. The van der Waals surface area contributed by atoms with Gasteiger partial charge >= 0.3 is 0 Å². The van der Waals surface area contributed by atoms with Crippen LogP contribution in [0.2, 0.25) is 0 Å². The summed E-state index contributed by atoms with van der Waals surface area (Å²) in [6, 6.07) is 11.0. The maximum atomic E-state index is 13.4. The first kappa shape index (κ1) is 24.0. The maximum absolute atomic E-state index is 13.4. The van der Waals surface area contributed by atoms with Crippen molar-refractivity contribution in [1.29, 1.82) is 0 Å². The third-order valence-electron chi connectivity index (χ3n) is 7.76. The number of fused-ring (bicyclic) bond motifs is 1. The molecule has 186 valence electrons. The lowest BCUT2D eigenvalue weighted by Gasteiger charge is -2.31. The van der Waals surface area contributed by atoms with Crippen molar-refractivity contribution in [3.63, 3.8) is 0 Å². The van der Waals surface area contributed by atoms with Gasteiger partial charge in [-0.1, -0.05) is 12.1 Å². The van der Waals surface area contributed by atoms with Crippen LogP contribution >= 0.6 is 0 Å². The number of benzene rings is 2. The minimum atomic E-state index is -3.66. The molecule has 1 N–H and O–H groups in total. The SMILES string of the molecule is Cc1cccc(NC(=O)C2CCN(S(=O)(=O)c3ccc4c(c3)CC(C)N4C(=O)C3CC3)CC2)c1C. The maximum Gasteiger partial charge on any atom is 0.243 e. The van der Waals surface area contributed by atoms with Crippen LogP contribution in [-0.4, -0.2) is 43.7 Å². The van der Waals surface area contributed by atoms with Gasteiger partial charge in [-0.2, -0.15) is 4.31 Å². The Bertz CT molecular complexity index is 1280. The van der Waals surface area contributed by atoms with Crippen LogP contribution in [0.1, 0.15) is 49.3 Å². The molecule has 2 amide bonds. The van der Waals surface area contributed by atoms with Crippen molar-refractivity contribution in [3.05, 3.63) is 53.1 Å². The molecule has 35 heavy (non-hydrogen) atoms. The summed E-state index contributed by atoms with van der Waals surface area (Å²) < 4.78 is 28.3. The fourth-order valence-corrected chi connectivity index (χ4v) is 6.78. The summed E-state index contributed by atoms with van der Waals surface area (Å²) in [6.07, 6.45) is 3.53. The highest BCUT2D eigenvalue weighted by atomic mass is 32.2. The van der Waals surface area contributed by atoms with E-state index in [0.29, 0.717) is 32.4 Å². The first-order chi connectivity index (χ1) is 16.7. The van der Waals surface area contributed by atoms with Crippen LogP contribution in [0.25, 0.3) is 0 Å². The standard InChI is InChI=1S/C27H33N3O4S/c1-17-5-4-6-24(19(17)3)28-26(31)20-11-13-29(14-12-20)35(33,34)23-9-10-25-22(16-23)15-18(2)30(25)27(32)21-7-8-21/h4-6,9-10,16,18,20-21H,7-8,11-15H2,1-3H3,(H,28,31). The molecule has 1 atom stereocenters. The van der Waals surface area contributed by atoms with Crippen LogP contribution in [0, 0.1) is 25.7 Å². The molecule has 3 aliphatic rings. The van der Waals surface area contributed by atoms with E-state index in [4.69, 9.17) is 0 Å². The van der Waals surface area contributed by atoms with Crippen LogP contribution in [0.4, 0.5) is 11.4 Å². The lowest BCUT2D eigenvalue weighted by molar-refractivity contribution is -0.121. The van der Waals surface area contributed by atoms with Gasteiger partial charge in [0, 0.05) is 42.3 Å². The molecule has 0 aromatic heterocycles. The molecule has 8 heteroatoms. The number of piperidine rings is 1. The summed E-state index contributed by atoms with van der Waals surface area (Å²) in [6.45, 7) is 6.64. The highest BCUT2D eigenvalue weighted by molar-refractivity contribution is 7.89. The fraction of sp³-hybridized carbons (Fsp3) is 0.481. The molecular weight excluding hydrogens is 462 g/mol. The highest BCUT2D eigenvalue weighted by Gasteiger charge is 2.40. The normalized spacial score (nSPS) is 21.1. The monoisotopic (exact) mass is 495 g/mol. The summed E-state index contributed by atoms with van der Waals surface area (Å²) in [5, 5.41) is 3.02. The number of carbonyl (C=O) groups excluding carboxylic acids is 2. The molecule has 2 aliphatic heterocycles. The van der Waals surface area contributed by atoms with Crippen LogP contribution in [-0.2, 0) is 26.0 Å². The van der Waals surface area contributed by atoms with Gasteiger partial charge in [0.2, 0.25) is 21.8 Å². The average Bonchev–Trinajstić information content (AvgIpc) is 3.63. The number of aryl methyl sites for hydroxylation is 1. The van der Waals surface area contributed by atoms with Crippen LogP contribution < -0.4 is 10.2 Å². The first-order valence-corrected chi connectivity index (χ1v) is 13.9. The van der Waals surface area contributed by atoms with Gasteiger partial charge in [-0.15, -0.1) is 0 Å². The van der Waals surface area contributed by atoms with Gasteiger partial charge < -0.3 is 10.2 Å². The largest absolute Gasteiger partial charge is 0.326 e. The van der Waals surface area contributed by atoms with Gasteiger partial charge in [0.1, 0.15) is 0 Å². The molecule has 0 bridgehead atoms. The Morgan fingerprint density at radius 3 is 2.37 bits per heavy atom. The smallest absolute Gasteiger partial charge is 0.243 e. The molecule has 2 aromatic carbocycles. The number of amides is 2. The number of carbonyl (C=O) groups is 2. The minimum absolute atomic E-state index is 0.0438. The van der Waals surface area contributed by atoms with Crippen molar-refractivity contribution >= 4 is 33.2 Å². The Morgan fingerprint density at radius 1 is 0.971 bits per heavy atom. The topological polar surface area (TPSA) is 86.8 Å². The predicted molar refractivity (Wildman–Crippen MR) is 136 cm³/mol. The molecular formula is C27H33N3O4S. The van der Waals surface area contributed by atoms with Gasteiger partial charge in [0.25, 0.3) is 0 Å². The van der Waals surface area contributed by atoms with Crippen LogP contribution in [0.5, 0.6) is 0 Å². The Labute approximate surface area is 207 Å². The summed E-state index contributed by atoms with van der Waals surface area (Å²) in [4.78, 5) is 27.7. The van der Waals surface area contributed by atoms with Crippen molar-refractivity contribution in [1.82, 2.24) is 4.31 Å². The number of sulfonamides is 1. The minimum Gasteiger partial charge on any atom is -0.326 e. The van der Waals surface area contributed by atoms with E-state index in [9.17, 15) is 18.0 Å². The zero-order valence-corrected chi connectivity index (χ0v) is 21.4. The molecule has 1 saturated carbocycles. The summed E-state index contributed by atoms with van der Waals surface area (Å²) in [5.74, 6) is 0.0140. The second kappa shape index (κ2) is 9.06. The van der Waals surface area contributed by atoms with Crippen molar-refractivity contribution < 1.29 is 18.0 Å². The first-order valence-electron chi connectivity index (χ1n) is 12.5. The summed E-state index contributed by atoms with van der Waals surface area (Å²) in [5.41, 5.74) is 4.73. The van der Waals surface area contributed by atoms with E-state index in [1.165, 1.54) is 4.31 Å². The fourth-order valence-electron chi connectivity index (χ4n) is 5.26. The van der Waals surface area contributed by atoms with E-state index in [1.807, 2.05) is 43.9 Å². The van der Waals surface area contributed by atoms with Crippen molar-refractivity contribution in [2.24, 2.45) is 11.8 Å². The van der Waals surface area contributed by atoms with Gasteiger partial charge in [-0.05, 0) is 93.8 Å². The Morgan fingerprint density at radius 2 is 1.69 bits per heavy atom. The highest BCUT2D eigenvalue weighted by Crippen LogP contribution is 2.40. The Hall–Kier alpha value is -2.71. The van der Waals surface area contributed by atoms with Crippen LogP contribution in [0.3, 0.4) is 0 Å². The Kier molecular flexibility index (Phi) is 6.21. The second-order valence-electron chi connectivity index (χ2n) is 10.2. The lowest BCUT2D eigenvalue weighted by Crippen LogP contribution is -2.41. The third-order valence-corrected chi connectivity index (χ3v) is 9.65. The quantitative estimate of drug-likeness (QED) is 0.679. The number of nitrogens with one attached hydrogen (secondary N) is 1. The number of hydrogen-bond donors (Lipinski definition) is 1. The zero-order chi connectivity index (χ0) is 24.9. The molecule has 5 rings (SSSR count). The molecule has 0 radical (unpaired) electrons. The molecule has 2 heterocycles. The molecule has 7 nitrogen and oxygen atoms in total. The van der Waals surface area contributed by atoms with Gasteiger partial charge in [-0.3, -0.25) is 9.59 Å². The van der Waals surface area contributed by atoms with E-state index in [0.717, 1.165) is 40.9 Å². The average molecular weight is 496 g/mol. The number of anilines is 2. The number of nitrogens with zero attached hydrogens (tertiary/aromatic N) is 2. The predicted octanol–water partition coefficient (Wildman–Crippen LogP) is 4.03. The van der Waals surface area contributed by atoms with E-state index < -0.39 is 10.0 Å². The number of hydrogen-bond acceptors (Lipinski definition) is 4. The Balaban J connectivity index is 1.25. The van der Waals surface area contributed by atoms with Gasteiger partial charge in [0.05, 0.1) is 4.90 Å². The molecule has 1 saturated heterocycles. The van der Waals surface area contributed by atoms with Crippen LogP contribution in [0.15, 0.2) is 41.3 Å². The summed E-state index contributed by atoms with van der Waals surface area (Å²) in [7, 11) is -3.66. The summed E-state index contributed by atoms with van der Waals surface area (Å²) >= 11 is 0. The zero-order valence-electron chi connectivity index (χ0n) is 20.6. The molecule has 1 aliphatic carbocycles. The molecule has 2 fully saturated rings.